The molecule has 0 bridgehead atoms. The van der Waals surface area contributed by atoms with E-state index in [4.69, 9.17) is 4.74 Å². The number of hydrogen-bond acceptors (Lipinski definition) is 3. The summed E-state index contributed by atoms with van der Waals surface area (Å²) >= 11 is 0. The highest BCUT2D eigenvalue weighted by Crippen LogP contribution is 2.29. The molecule has 1 fully saturated rings. The van der Waals surface area contributed by atoms with Gasteiger partial charge in [0.15, 0.2) is 0 Å². The van der Waals surface area contributed by atoms with Crippen LogP contribution < -0.4 is 5.32 Å². The summed E-state index contributed by atoms with van der Waals surface area (Å²) in [5.74, 6) is 1.60. The Labute approximate surface area is 86.2 Å². The number of hydrogen-bond donors (Lipinski definition) is 1. The molecular formula is C11H21NO2. The van der Waals surface area contributed by atoms with Crippen LogP contribution in [0.2, 0.25) is 0 Å². The summed E-state index contributed by atoms with van der Waals surface area (Å²) in [4.78, 5) is 11.2. The van der Waals surface area contributed by atoms with Crippen molar-refractivity contribution in [3.63, 3.8) is 0 Å². The largest absolute Gasteiger partial charge is 0.469 e. The zero-order valence-corrected chi connectivity index (χ0v) is 9.38. The molecule has 0 spiro atoms. The lowest BCUT2D eigenvalue weighted by atomic mass is 9.80. The van der Waals surface area contributed by atoms with E-state index in [1.165, 1.54) is 13.5 Å². The average molecular weight is 199 g/mol. The van der Waals surface area contributed by atoms with Crippen LogP contribution in [0.4, 0.5) is 0 Å². The number of methoxy groups -OCH3 is 1. The fourth-order valence-corrected chi connectivity index (χ4v) is 2.26. The topological polar surface area (TPSA) is 38.3 Å². The Morgan fingerprint density at radius 2 is 2.29 bits per heavy atom. The van der Waals surface area contributed by atoms with Gasteiger partial charge < -0.3 is 10.1 Å². The quantitative estimate of drug-likeness (QED) is 0.696. The summed E-state index contributed by atoms with van der Waals surface area (Å²) in [5.41, 5.74) is 0. The number of rotatable bonds is 4. The van der Waals surface area contributed by atoms with Gasteiger partial charge in [0, 0.05) is 6.42 Å². The third-order valence-electron chi connectivity index (χ3n) is 3.19. The molecule has 0 radical (unpaired) electrons. The zero-order chi connectivity index (χ0) is 10.6. The van der Waals surface area contributed by atoms with Gasteiger partial charge in [0.05, 0.1) is 7.11 Å². The van der Waals surface area contributed by atoms with E-state index in [1.807, 2.05) is 0 Å². The summed E-state index contributed by atoms with van der Waals surface area (Å²) in [6.45, 7) is 6.52. The Morgan fingerprint density at radius 3 is 2.71 bits per heavy atom. The molecule has 0 aliphatic carbocycles. The number of esters is 1. The van der Waals surface area contributed by atoms with Gasteiger partial charge in [-0.2, -0.15) is 0 Å². The second kappa shape index (κ2) is 5.35. The standard InChI is InChI=1S/C11H21NO2/c1-8(2)10(6-11(13)14-3)9-4-5-12-7-9/h8-10,12H,4-7H2,1-3H3. The van der Waals surface area contributed by atoms with Crippen molar-refractivity contribution in [1.29, 1.82) is 0 Å². The van der Waals surface area contributed by atoms with Crippen molar-refractivity contribution in [1.82, 2.24) is 5.32 Å². The Morgan fingerprint density at radius 1 is 1.57 bits per heavy atom. The maximum absolute atomic E-state index is 11.2. The van der Waals surface area contributed by atoms with E-state index in [9.17, 15) is 4.79 Å². The minimum atomic E-state index is -0.0735. The second-order valence-corrected chi connectivity index (χ2v) is 4.44. The highest BCUT2D eigenvalue weighted by molar-refractivity contribution is 5.69. The van der Waals surface area contributed by atoms with E-state index in [2.05, 4.69) is 19.2 Å². The van der Waals surface area contributed by atoms with Crippen LogP contribution in [0.5, 0.6) is 0 Å². The maximum Gasteiger partial charge on any atom is 0.305 e. The van der Waals surface area contributed by atoms with Gasteiger partial charge >= 0.3 is 5.97 Å². The summed E-state index contributed by atoms with van der Waals surface area (Å²) < 4.78 is 4.73. The van der Waals surface area contributed by atoms with Crippen LogP contribution in [0.3, 0.4) is 0 Å². The Bertz CT molecular complexity index is 186. The van der Waals surface area contributed by atoms with Crippen LogP contribution in [0.15, 0.2) is 0 Å². The van der Waals surface area contributed by atoms with E-state index < -0.39 is 0 Å². The fourth-order valence-electron chi connectivity index (χ4n) is 2.26. The molecule has 1 N–H and O–H groups in total. The average Bonchev–Trinajstić information content (AvgIpc) is 2.65. The van der Waals surface area contributed by atoms with Crippen molar-refractivity contribution in [2.75, 3.05) is 20.2 Å². The van der Waals surface area contributed by atoms with E-state index in [0.29, 0.717) is 24.2 Å². The first-order valence-electron chi connectivity index (χ1n) is 5.42. The van der Waals surface area contributed by atoms with Gasteiger partial charge in [-0.15, -0.1) is 0 Å². The third kappa shape index (κ3) is 2.98. The van der Waals surface area contributed by atoms with Crippen LogP contribution in [-0.2, 0) is 9.53 Å². The number of carbonyl (C=O) groups excluding carboxylic acids is 1. The van der Waals surface area contributed by atoms with Crippen LogP contribution in [0, 0.1) is 17.8 Å². The lowest BCUT2D eigenvalue weighted by Crippen LogP contribution is -2.25. The highest BCUT2D eigenvalue weighted by atomic mass is 16.5. The van der Waals surface area contributed by atoms with E-state index >= 15 is 0 Å². The monoisotopic (exact) mass is 199 g/mol. The first-order chi connectivity index (χ1) is 6.65. The molecule has 0 aromatic rings. The van der Waals surface area contributed by atoms with Crippen LogP contribution in [-0.4, -0.2) is 26.2 Å². The Kier molecular flexibility index (Phi) is 4.39. The van der Waals surface area contributed by atoms with Crippen molar-refractivity contribution in [3.05, 3.63) is 0 Å². The minimum absolute atomic E-state index is 0.0735. The lowest BCUT2D eigenvalue weighted by Gasteiger charge is -2.25. The van der Waals surface area contributed by atoms with Gasteiger partial charge in [0.2, 0.25) is 0 Å². The number of carbonyl (C=O) groups is 1. The van der Waals surface area contributed by atoms with E-state index in [1.54, 1.807) is 0 Å². The molecule has 82 valence electrons. The van der Waals surface area contributed by atoms with Crippen LogP contribution in [0.25, 0.3) is 0 Å². The predicted octanol–water partition coefficient (Wildman–Crippen LogP) is 1.43. The van der Waals surface area contributed by atoms with E-state index in [-0.39, 0.29) is 5.97 Å². The smallest absolute Gasteiger partial charge is 0.305 e. The molecule has 1 aliphatic rings. The molecule has 0 saturated carbocycles. The van der Waals surface area contributed by atoms with Crippen LogP contribution in [0.1, 0.15) is 26.7 Å². The van der Waals surface area contributed by atoms with Gasteiger partial charge in [0.25, 0.3) is 0 Å². The molecule has 3 heteroatoms. The molecule has 3 nitrogen and oxygen atoms in total. The SMILES string of the molecule is COC(=O)CC(C(C)C)C1CCNC1. The first-order valence-corrected chi connectivity index (χ1v) is 5.42. The number of nitrogens with one attached hydrogen (secondary N) is 1. The molecule has 0 aromatic carbocycles. The summed E-state index contributed by atoms with van der Waals surface area (Å²) in [5, 5.41) is 3.35. The second-order valence-electron chi connectivity index (χ2n) is 4.44. The van der Waals surface area contributed by atoms with Gasteiger partial charge in [-0.3, -0.25) is 4.79 Å². The van der Waals surface area contributed by atoms with Gasteiger partial charge in [-0.05, 0) is 37.3 Å². The summed E-state index contributed by atoms with van der Waals surface area (Å²) in [6, 6.07) is 0. The molecule has 1 heterocycles. The van der Waals surface area contributed by atoms with Gasteiger partial charge in [-0.25, -0.2) is 0 Å². The van der Waals surface area contributed by atoms with Gasteiger partial charge in [-0.1, -0.05) is 13.8 Å². The van der Waals surface area contributed by atoms with Gasteiger partial charge in [0.1, 0.15) is 0 Å². The number of ether oxygens (including phenoxy) is 1. The lowest BCUT2D eigenvalue weighted by molar-refractivity contribution is -0.142. The van der Waals surface area contributed by atoms with Crippen molar-refractivity contribution in [3.8, 4) is 0 Å². The minimum Gasteiger partial charge on any atom is -0.469 e. The molecular weight excluding hydrogens is 178 g/mol. The normalized spacial score (nSPS) is 23.9. The summed E-state index contributed by atoms with van der Waals surface area (Å²) in [6.07, 6.45) is 1.76. The molecule has 1 rings (SSSR count). The zero-order valence-electron chi connectivity index (χ0n) is 9.38. The molecule has 2 unspecified atom stereocenters. The predicted molar refractivity (Wildman–Crippen MR) is 55.9 cm³/mol. The molecule has 0 amide bonds. The molecule has 2 atom stereocenters. The molecule has 0 aromatic heterocycles. The Balaban J connectivity index is 2.49. The fraction of sp³-hybridized carbons (Fsp3) is 0.909. The summed E-state index contributed by atoms with van der Waals surface area (Å²) in [7, 11) is 1.46. The van der Waals surface area contributed by atoms with Crippen molar-refractivity contribution in [2.24, 2.45) is 17.8 Å². The van der Waals surface area contributed by atoms with Crippen molar-refractivity contribution < 1.29 is 9.53 Å². The van der Waals surface area contributed by atoms with E-state index in [0.717, 1.165) is 13.1 Å². The maximum atomic E-state index is 11.2. The molecule has 14 heavy (non-hydrogen) atoms. The highest BCUT2D eigenvalue weighted by Gasteiger charge is 2.29. The van der Waals surface area contributed by atoms with Crippen molar-refractivity contribution in [2.45, 2.75) is 26.7 Å². The molecule has 1 saturated heterocycles. The van der Waals surface area contributed by atoms with Crippen LogP contribution >= 0.6 is 0 Å². The first kappa shape index (κ1) is 11.5. The molecule has 1 aliphatic heterocycles. The Hall–Kier alpha value is -0.570. The van der Waals surface area contributed by atoms with Crippen molar-refractivity contribution >= 4 is 5.97 Å². The third-order valence-corrected chi connectivity index (χ3v) is 3.19.